The molecule has 0 spiro atoms. The molecule has 0 radical (unpaired) electrons. The number of hydrogen-bond donors (Lipinski definition) is 0. The fraction of sp³-hybridized carbons (Fsp3) is 0.444. The number of amides is 1. The molecule has 2 aliphatic rings. The summed E-state index contributed by atoms with van der Waals surface area (Å²) in [6, 6.07) is 9.63. The number of ether oxygens (including phenoxy) is 1. The standard InChI is InChI=1S/C18H22N4O2/c1-20-9-14-10-21(15(11-20)13-24-12-14)18(23)16-5-2-3-6-17(16)22-8-4-7-19-22/h2-8,14-15H,9-13H2,1H3/t14-,15-/m0/s1. The predicted molar refractivity (Wildman–Crippen MR) is 90.2 cm³/mol. The minimum absolute atomic E-state index is 0.0666. The summed E-state index contributed by atoms with van der Waals surface area (Å²) in [4.78, 5) is 17.6. The number of benzene rings is 1. The highest BCUT2D eigenvalue weighted by Crippen LogP contribution is 2.23. The summed E-state index contributed by atoms with van der Waals surface area (Å²) in [6.45, 7) is 3.91. The first-order valence-electron chi connectivity index (χ1n) is 8.38. The SMILES string of the molecule is CN1C[C@@H]2COC[C@H](C1)N(C(=O)c1ccccc1-n1cccn1)C2. The Morgan fingerprint density at radius 3 is 2.88 bits per heavy atom. The third-order valence-corrected chi connectivity index (χ3v) is 4.80. The molecule has 2 aromatic rings. The van der Waals surface area contributed by atoms with Gasteiger partial charge in [0, 0.05) is 37.9 Å². The first-order valence-corrected chi connectivity index (χ1v) is 8.38. The Morgan fingerprint density at radius 2 is 2.04 bits per heavy atom. The smallest absolute Gasteiger partial charge is 0.256 e. The molecule has 24 heavy (non-hydrogen) atoms. The number of fused-ring (bicyclic) bond motifs is 3. The Morgan fingerprint density at radius 1 is 1.17 bits per heavy atom. The number of para-hydroxylation sites is 1. The van der Waals surface area contributed by atoms with Crippen molar-refractivity contribution in [2.75, 3.05) is 39.9 Å². The number of rotatable bonds is 2. The number of likely N-dealkylation sites (N-methyl/N-ethyl adjacent to an activating group) is 1. The third kappa shape index (κ3) is 2.83. The summed E-state index contributed by atoms with van der Waals surface area (Å²) < 4.78 is 7.54. The van der Waals surface area contributed by atoms with Crippen LogP contribution in [0, 0.1) is 5.92 Å². The zero-order valence-corrected chi connectivity index (χ0v) is 13.8. The predicted octanol–water partition coefficient (Wildman–Crippen LogP) is 1.27. The van der Waals surface area contributed by atoms with Gasteiger partial charge in [0.1, 0.15) is 0 Å². The number of aromatic nitrogens is 2. The lowest BCUT2D eigenvalue weighted by atomic mass is 10.1. The van der Waals surface area contributed by atoms with Crippen molar-refractivity contribution in [2.24, 2.45) is 5.92 Å². The Hall–Kier alpha value is -2.18. The summed E-state index contributed by atoms with van der Waals surface area (Å²) in [6.07, 6.45) is 3.59. The van der Waals surface area contributed by atoms with Gasteiger partial charge in [-0.1, -0.05) is 12.1 Å². The van der Waals surface area contributed by atoms with Crippen molar-refractivity contribution < 1.29 is 9.53 Å². The van der Waals surface area contributed by atoms with E-state index in [4.69, 9.17) is 4.74 Å². The van der Waals surface area contributed by atoms with E-state index in [2.05, 4.69) is 17.0 Å². The minimum atomic E-state index is 0.0666. The highest BCUT2D eigenvalue weighted by molar-refractivity contribution is 5.98. The summed E-state index contributed by atoms with van der Waals surface area (Å²) in [7, 11) is 2.12. The molecule has 1 aromatic heterocycles. The second kappa shape index (κ2) is 6.37. The highest BCUT2D eigenvalue weighted by atomic mass is 16.5. The van der Waals surface area contributed by atoms with Crippen molar-refractivity contribution in [1.82, 2.24) is 19.6 Å². The molecule has 2 aliphatic heterocycles. The Labute approximate surface area is 141 Å². The van der Waals surface area contributed by atoms with E-state index in [1.54, 1.807) is 10.9 Å². The lowest BCUT2D eigenvalue weighted by Gasteiger charge is -2.30. The largest absolute Gasteiger partial charge is 0.379 e. The zero-order chi connectivity index (χ0) is 16.5. The van der Waals surface area contributed by atoms with E-state index in [9.17, 15) is 4.79 Å². The molecular formula is C18H22N4O2. The number of hydrogen-bond acceptors (Lipinski definition) is 4. The van der Waals surface area contributed by atoms with Gasteiger partial charge in [-0.2, -0.15) is 5.10 Å². The fourth-order valence-electron chi connectivity index (χ4n) is 3.75. The van der Waals surface area contributed by atoms with Crippen LogP contribution in [0.3, 0.4) is 0 Å². The van der Waals surface area contributed by atoms with E-state index in [1.807, 2.05) is 41.4 Å². The topological polar surface area (TPSA) is 50.6 Å². The van der Waals surface area contributed by atoms with Gasteiger partial charge in [0.15, 0.2) is 0 Å². The average Bonchev–Trinajstić information content (AvgIpc) is 2.98. The second-order valence-corrected chi connectivity index (χ2v) is 6.70. The molecule has 2 bridgehead atoms. The number of carbonyl (C=O) groups excluding carboxylic acids is 1. The van der Waals surface area contributed by atoms with Crippen LogP contribution in [0.5, 0.6) is 0 Å². The van der Waals surface area contributed by atoms with Crippen LogP contribution in [-0.4, -0.2) is 71.4 Å². The number of nitrogens with zero attached hydrogens (tertiary/aromatic N) is 4. The van der Waals surface area contributed by atoms with Crippen molar-refractivity contribution in [3.05, 3.63) is 48.3 Å². The van der Waals surface area contributed by atoms with Gasteiger partial charge in [-0.3, -0.25) is 4.79 Å². The molecule has 2 fully saturated rings. The lowest BCUT2D eigenvalue weighted by Crippen LogP contribution is -2.46. The van der Waals surface area contributed by atoms with E-state index < -0.39 is 0 Å². The zero-order valence-electron chi connectivity index (χ0n) is 13.8. The van der Waals surface area contributed by atoms with Crippen LogP contribution in [0.15, 0.2) is 42.7 Å². The fourth-order valence-corrected chi connectivity index (χ4v) is 3.75. The van der Waals surface area contributed by atoms with Crippen LogP contribution in [0.4, 0.5) is 0 Å². The van der Waals surface area contributed by atoms with Gasteiger partial charge in [-0.15, -0.1) is 0 Å². The average molecular weight is 326 g/mol. The maximum absolute atomic E-state index is 13.3. The van der Waals surface area contributed by atoms with Gasteiger partial charge in [0.05, 0.1) is 30.5 Å². The van der Waals surface area contributed by atoms with Crippen molar-refractivity contribution in [3.8, 4) is 5.69 Å². The van der Waals surface area contributed by atoms with Crippen molar-refractivity contribution >= 4 is 5.91 Å². The van der Waals surface area contributed by atoms with E-state index >= 15 is 0 Å². The summed E-state index contributed by atoms with van der Waals surface area (Å²) in [5.41, 5.74) is 1.51. The Balaban J connectivity index is 1.69. The molecule has 3 heterocycles. The molecule has 2 saturated heterocycles. The van der Waals surface area contributed by atoms with Crippen LogP contribution in [-0.2, 0) is 4.74 Å². The van der Waals surface area contributed by atoms with E-state index in [-0.39, 0.29) is 11.9 Å². The molecule has 6 heteroatoms. The van der Waals surface area contributed by atoms with Gasteiger partial charge in [-0.05, 0) is 25.2 Å². The molecule has 1 aromatic carbocycles. The van der Waals surface area contributed by atoms with Gasteiger partial charge in [-0.25, -0.2) is 4.68 Å². The van der Waals surface area contributed by atoms with Crippen molar-refractivity contribution in [2.45, 2.75) is 6.04 Å². The monoisotopic (exact) mass is 326 g/mol. The highest BCUT2D eigenvalue weighted by Gasteiger charge is 2.35. The van der Waals surface area contributed by atoms with Crippen LogP contribution >= 0.6 is 0 Å². The molecular weight excluding hydrogens is 304 g/mol. The molecule has 0 saturated carbocycles. The molecule has 0 unspecified atom stereocenters. The molecule has 6 nitrogen and oxygen atoms in total. The Bertz CT molecular complexity index is 716. The van der Waals surface area contributed by atoms with Crippen LogP contribution in [0.25, 0.3) is 5.69 Å². The van der Waals surface area contributed by atoms with Crippen molar-refractivity contribution in [3.63, 3.8) is 0 Å². The first kappa shape index (κ1) is 15.4. The molecule has 4 rings (SSSR count). The Kier molecular flexibility index (Phi) is 4.08. The lowest BCUT2D eigenvalue weighted by molar-refractivity contribution is 0.0483. The third-order valence-electron chi connectivity index (χ3n) is 4.80. The maximum atomic E-state index is 13.3. The molecule has 0 aliphatic carbocycles. The summed E-state index contributed by atoms with van der Waals surface area (Å²) in [5.74, 6) is 0.431. The first-order chi connectivity index (χ1) is 11.7. The van der Waals surface area contributed by atoms with Gasteiger partial charge in [0.25, 0.3) is 5.91 Å². The molecule has 2 atom stereocenters. The summed E-state index contributed by atoms with van der Waals surface area (Å²) in [5, 5.41) is 4.28. The molecule has 1 amide bonds. The minimum Gasteiger partial charge on any atom is -0.379 e. The van der Waals surface area contributed by atoms with Crippen LogP contribution < -0.4 is 0 Å². The van der Waals surface area contributed by atoms with Gasteiger partial charge in [0.2, 0.25) is 0 Å². The van der Waals surface area contributed by atoms with E-state index in [0.717, 1.165) is 31.9 Å². The number of carbonyl (C=O) groups is 1. The second-order valence-electron chi connectivity index (χ2n) is 6.70. The normalized spacial score (nSPS) is 24.6. The molecule has 0 N–H and O–H groups in total. The van der Waals surface area contributed by atoms with E-state index in [0.29, 0.717) is 18.1 Å². The van der Waals surface area contributed by atoms with Crippen LogP contribution in [0.1, 0.15) is 10.4 Å². The van der Waals surface area contributed by atoms with Crippen LogP contribution in [0.2, 0.25) is 0 Å². The van der Waals surface area contributed by atoms with Crippen molar-refractivity contribution in [1.29, 1.82) is 0 Å². The summed E-state index contributed by atoms with van der Waals surface area (Å²) >= 11 is 0. The van der Waals surface area contributed by atoms with Gasteiger partial charge < -0.3 is 14.5 Å². The quantitative estimate of drug-likeness (QED) is 0.834. The molecule has 126 valence electrons. The maximum Gasteiger partial charge on any atom is 0.256 e. The van der Waals surface area contributed by atoms with Gasteiger partial charge >= 0.3 is 0 Å². The van der Waals surface area contributed by atoms with E-state index in [1.165, 1.54) is 0 Å².